The maximum atomic E-state index is 12.0. The number of benzene rings is 1. The Hall–Kier alpha value is -0.990. The monoisotopic (exact) mass is 300 g/mol. The molecule has 20 heavy (non-hydrogen) atoms. The second-order valence-corrected chi connectivity index (χ2v) is 6.51. The first-order valence-corrected chi connectivity index (χ1v) is 7.72. The molecule has 0 spiro atoms. The smallest absolute Gasteiger partial charge is 0.297 e. The Bertz CT molecular complexity index is 581. The summed E-state index contributed by atoms with van der Waals surface area (Å²) in [5.41, 5.74) is 0.986. The Morgan fingerprint density at radius 2 is 1.85 bits per heavy atom. The Morgan fingerprint density at radius 3 is 2.45 bits per heavy atom. The maximum Gasteiger partial charge on any atom is 0.297 e. The lowest BCUT2D eigenvalue weighted by molar-refractivity contribution is -0.164. The van der Waals surface area contributed by atoms with Crippen LogP contribution in [0.3, 0.4) is 0 Å². The fraction of sp³-hybridized carbons (Fsp3) is 0.538. The number of ether oxygens (including phenoxy) is 3. The van der Waals surface area contributed by atoms with E-state index in [4.69, 9.17) is 18.4 Å². The summed E-state index contributed by atoms with van der Waals surface area (Å²) in [6, 6.07) is 6.50. The van der Waals surface area contributed by atoms with E-state index in [0.29, 0.717) is 0 Å². The first kappa shape index (κ1) is 14.0. The molecule has 2 heterocycles. The van der Waals surface area contributed by atoms with Crippen LogP contribution in [0.4, 0.5) is 0 Å². The summed E-state index contributed by atoms with van der Waals surface area (Å²) in [5.74, 6) is 0. The standard InChI is InChI=1S/C13H16O6S/c1-8-3-5-9(6-4-8)20(14,15)17-7-10-11-12(19-11)13(16-2)18-10/h3-6,10-13H,7H2,1-2H3. The minimum absolute atomic E-state index is 0.0722. The zero-order valence-electron chi connectivity index (χ0n) is 11.2. The Labute approximate surface area is 117 Å². The number of methoxy groups -OCH3 is 1. The molecule has 4 unspecified atom stereocenters. The van der Waals surface area contributed by atoms with Gasteiger partial charge >= 0.3 is 0 Å². The Kier molecular flexibility index (Phi) is 3.55. The minimum atomic E-state index is -3.77. The van der Waals surface area contributed by atoms with Crippen LogP contribution in [0.5, 0.6) is 0 Å². The van der Waals surface area contributed by atoms with Crippen molar-refractivity contribution in [3.05, 3.63) is 29.8 Å². The summed E-state index contributed by atoms with van der Waals surface area (Å²) < 4.78 is 45.0. The minimum Gasteiger partial charge on any atom is -0.361 e. The molecule has 0 amide bonds. The van der Waals surface area contributed by atoms with E-state index < -0.39 is 22.5 Å². The van der Waals surface area contributed by atoms with Crippen LogP contribution in [-0.2, 0) is 28.5 Å². The normalized spacial score (nSPS) is 32.1. The van der Waals surface area contributed by atoms with Crippen molar-refractivity contribution in [3.63, 3.8) is 0 Å². The van der Waals surface area contributed by atoms with Crippen molar-refractivity contribution in [2.24, 2.45) is 0 Å². The maximum absolute atomic E-state index is 12.0. The van der Waals surface area contributed by atoms with Crippen LogP contribution < -0.4 is 0 Å². The molecule has 2 fully saturated rings. The molecular formula is C13H16O6S. The lowest BCUT2D eigenvalue weighted by atomic mass is 10.2. The summed E-state index contributed by atoms with van der Waals surface area (Å²) in [4.78, 5) is 0.137. The average molecular weight is 300 g/mol. The summed E-state index contributed by atoms with van der Waals surface area (Å²) in [5, 5.41) is 0. The van der Waals surface area contributed by atoms with E-state index in [1.54, 1.807) is 12.1 Å². The summed E-state index contributed by atoms with van der Waals surface area (Å²) >= 11 is 0. The van der Waals surface area contributed by atoms with Gasteiger partial charge in [0.25, 0.3) is 10.1 Å². The lowest BCUT2D eigenvalue weighted by Crippen LogP contribution is -2.26. The van der Waals surface area contributed by atoms with Gasteiger partial charge in [-0.3, -0.25) is 4.18 Å². The van der Waals surface area contributed by atoms with E-state index >= 15 is 0 Å². The predicted molar refractivity (Wildman–Crippen MR) is 68.6 cm³/mol. The predicted octanol–water partition coefficient (Wildman–Crippen LogP) is 0.839. The topological polar surface area (TPSA) is 74.4 Å². The van der Waals surface area contributed by atoms with Crippen LogP contribution in [0.1, 0.15) is 5.56 Å². The van der Waals surface area contributed by atoms with Gasteiger partial charge in [-0.2, -0.15) is 8.42 Å². The first-order valence-electron chi connectivity index (χ1n) is 6.31. The molecular weight excluding hydrogens is 284 g/mol. The van der Waals surface area contributed by atoms with Gasteiger partial charge in [-0.25, -0.2) is 0 Å². The third kappa shape index (κ3) is 2.59. The van der Waals surface area contributed by atoms with Gasteiger partial charge in [0, 0.05) is 7.11 Å². The molecule has 2 aliphatic rings. The van der Waals surface area contributed by atoms with Crippen LogP contribution in [0.25, 0.3) is 0 Å². The van der Waals surface area contributed by atoms with Gasteiger partial charge in [0.15, 0.2) is 6.29 Å². The molecule has 0 aromatic heterocycles. The summed E-state index contributed by atoms with van der Waals surface area (Å²) in [6.07, 6.45) is -1.08. The number of hydrogen-bond donors (Lipinski definition) is 0. The Balaban J connectivity index is 1.62. The van der Waals surface area contributed by atoms with Crippen LogP contribution in [0, 0.1) is 6.92 Å². The van der Waals surface area contributed by atoms with Crippen LogP contribution >= 0.6 is 0 Å². The number of fused-ring (bicyclic) bond motifs is 1. The number of epoxide rings is 1. The van der Waals surface area contributed by atoms with Gasteiger partial charge in [-0.05, 0) is 19.1 Å². The molecule has 7 heteroatoms. The number of aryl methyl sites for hydroxylation is 1. The van der Waals surface area contributed by atoms with E-state index in [1.165, 1.54) is 19.2 Å². The van der Waals surface area contributed by atoms with Crippen molar-refractivity contribution in [2.45, 2.75) is 36.4 Å². The van der Waals surface area contributed by atoms with E-state index in [-0.39, 0.29) is 23.7 Å². The Morgan fingerprint density at radius 1 is 1.15 bits per heavy atom. The van der Waals surface area contributed by atoms with Gasteiger partial charge in [-0.1, -0.05) is 17.7 Å². The molecule has 0 saturated carbocycles. The SMILES string of the molecule is COC1OC(COS(=O)(=O)c2ccc(C)cc2)C2OC12. The van der Waals surface area contributed by atoms with E-state index in [9.17, 15) is 8.42 Å². The van der Waals surface area contributed by atoms with Gasteiger partial charge in [0.1, 0.15) is 18.3 Å². The third-order valence-electron chi connectivity index (χ3n) is 3.43. The fourth-order valence-corrected chi connectivity index (χ4v) is 3.15. The van der Waals surface area contributed by atoms with Crippen LogP contribution in [0.2, 0.25) is 0 Å². The van der Waals surface area contributed by atoms with Crippen molar-refractivity contribution in [2.75, 3.05) is 13.7 Å². The highest BCUT2D eigenvalue weighted by Gasteiger charge is 2.58. The zero-order valence-corrected chi connectivity index (χ0v) is 12.0. The number of rotatable bonds is 5. The lowest BCUT2D eigenvalue weighted by Gasteiger charge is -2.16. The van der Waals surface area contributed by atoms with E-state index in [0.717, 1.165) is 5.56 Å². The highest BCUT2D eigenvalue weighted by Crippen LogP contribution is 2.39. The zero-order chi connectivity index (χ0) is 14.3. The van der Waals surface area contributed by atoms with Gasteiger partial charge < -0.3 is 14.2 Å². The molecule has 0 radical (unpaired) electrons. The molecule has 110 valence electrons. The largest absolute Gasteiger partial charge is 0.361 e. The fourth-order valence-electron chi connectivity index (χ4n) is 2.23. The summed E-state index contributed by atoms with van der Waals surface area (Å²) in [6.45, 7) is 1.82. The van der Waals surface area contributed by atoms with Crippen molar-refractivity contribution in [1.82, 2.24) is 0 Å². The summed E-state index contributed by atoms with van der Waals surface area (Å²) in [7, 11) is -2.25. The van der Waals surface area contributed by atoms with Crippen LogP contribution in [-0.4, -0.2) is 46.7 Å². The van der Waals surface area contributed by atoms with E-state index in [1.807, 2.05) is 6.92 Å². The molecule has 6 nitrogen and oxygen atoms in total. The molecule has 3 rings (SSSR count). The number of hydrogen-bond acceptors (Lipinski definition) is 6. The highest BCUT2D eigenvalue weighted by atomic mass is 32.2. The highest BCUT2D eigenvalue weighted by molar-refractivity contribution is 7.86. The van der Waals surface area contributed by atoms with Gasteiger partial charge in [-0.15, -0.1) is 0 Å². The second-order valence-electron chi connectivity index (χ2n) is 4.90. The third-order valence-corrected chi connectivity index (χ3v) is 4.73. The average Bonchev–Trinajstić information content (AvgIpc) is 3.14. The van der Waals surface area contributed by atoms with Crippen molar-refractivity contribution in [3.8, 4) is 0 Å². The molecule has 0 N–H and O–H groups in total. The molecule has 1 aromatic carbocycles. The van der Waals surface area contributed by atoms with Crippen molar-refractivity contribution >= 4 is 10.1 Å². The van der Waals surface area contributed by atoms with Gasteiger partial charge in [0.2, 0.25) is 0 Å². The van der Waals surface area contributed by atoms with Crippen molar-refractivity contribution < 1.29 is 26.8 Å². The van der Waals surface area contributed by atoms with Gasteiger partial charge in [0.05, 0.1) is 11.5 Å². The molecule has 0 aliphatic carbocycles. The quantitative estimate of drug-likeness (QED) is 0.592. The molecule has 2 saturated heterocycles. The van der Waals surface area contributed by atoms with Crippen LogP contribution in [0.15, 0.2) is 29.2 Å². The van der Waals surface area contributed by atoms with Crippen molar-refractivity contribution in [1.29, 1.82) is 0 Å². The van der Waals surface area contributed by atoms with E-state index in [2.05, 4.69) is 0 Å². The second kappa shape index (κ2) is 5.09. The molecule has 1 aromatic rings. The first-order chi connectivity index (χ1) is 9.51. The molecule has 4 atom stereocenters. The molecule has 0 bridgehead atoms. The molecule has 2 aliphatic heterocycles.